The molecule has 0 radical (unpaired) electrons. The Labute approximate surface area is 144 Å². The lowest BCUT2D eigenvalue weighted by Gasteiger charge is -2.29. The fraction of sp³-hybridized carbons (Fsp3) is 0.579. The minimum atomic E-state index is -0.0229. The lowest BCUT2D eigenvalue weighted by atomic mass is 10.1. The van der Waals surface area contributed by atoms with Gasteiger partial charge in [-0.25, -0.2) is 4.79 Å². The van der Waals surface area contributed by atoms with E-state index < -0.39 is 0 Å². The second-order valence-corrected chi connectivity index (χ2v) is 6.93. The highest BCUT2D eigenvalue weighted by Crippen LogP contribution is 2.21. The summed E-state index contributed by atoms with van der Waals surface area (Å²) in [4.78, 5) is 16.9. The number of rotatable bonds is 4. The molecule has 0 bridgehead atoms. The number of urea groups is 1. The minimum Gasteiger partial charge on any atom is -0.324 e. The van der Waals surface area contributed by atoms with E-state index >= 15 is 0 Å². The van der Waals surface area contributed by atoms with E-state index in [2.05, 4.69) is 16.3 Å². The molecule has 0 spiro atoms. The van der Waals surface area contributed by atoms with Crippen molar-refractivity contribution in [1.82, 2.24) is 9.80 Å². The number of carbonyl (C=O) groups is 1. The van der Waals surface area contributed by atoms with E-state index in [1.54, 1.807) is 0 Å². The Morgan fingerprint density at radius 2 is 2.08 bits per heavy atom. The van der Waals surface area contributed by atoms with Gasteiger partial charge >= 0.3 is 6.03 Å². The van der Waals surface area contributed by atoms with Crippen LogP contribution in [0.25, 0.3) is 0 Å². The third-order valence-corrected chi connectivity index (χ3v) is 5.00. The van der Waals surface area contributed by atoms with Gasteiger partial charge < -0.3 is 15.1 Å². The Morgan fingerprint density at radius 1 is 1.25 bits per heavy atom. The van der Waals surface area contributed by atoms with Gasteiger partial charge in [-0.2, -0.15) is 5.26 Å². The van der Waals surface area contributed by atoms with Gasteiger partial charge in [0.15, 0.2) is 0 Å². The van der Waals surface area contributed by atoms with Crippen molar-refractivity contribution < 1.29 is 4.79 Å². The summed E-state index contributed by atoms with van der Waals surface area (Å²) in [6.45, 7) is 5.24. The molecule has 2 fully saturated rings. The van der Waals surface area contributed by atoms with Gasteiger partial charge in [-0.1, -0.05) is 18.6 Å². The number of amides is 2. The lowest BCUT2D eigenvalue weighted by molar-refractivity contribution is 0.192. The predicted molar refractivity (Wildman–Crippen MR) is 94.7 cm³/mol. The van der Waals surface area contributed by atoms with Crippen LogP contribution in [-0.4, -0.2) is 48.6 Å². The van der Waals surface area contributed by atoms with Gasteiger partial charge in [0.1, 0.15) is 0 Å². The zero-order valence-electron chi connectivity index (χ0n) is 14.2. The van der Waals surface area contributed by atoms with Crippen molar-refractivity contribution in [3.05, 3.63) is 29.8 Å². The highest BCUT2D eigenvalue weighted by molar-refractivity contribution is 5.89. The zero-order valence-corrected chi connectivity index (χ0v) is 14.2. The number of nitrogens with zero attached hydrogens (tertiary/aromatic N) is 3. The first-order chi connectivity index (χ1) is 11.7. The Balaban J connectivity index is 1.49. The highest BCUT2D eigenvalue weighted by Gasteiger charge is 2.28. The molecule has 1 aromatic rings. The lowest BCUT2D eigenvalue weighted by Crippen LogP contribution is -2.37. The summed E-state index contributed by atoms with van der Waals surface area (Å²) in [6, 6.07) is 9.65. The Hall–Kier alpha value is -2.06. The normalized spacial score (nSPS) is 21.5. The summed E-state index contributed by atoms with van der Waals surface area (Å²) in [5.74, 6) is 0.596. The maximum Gasteiger partial charge on any atom is 0.321 e. The van der Waals surface area contributed by atoms with Crippen LogP contribution < -0.4 is 5.32 Å². The van der Waals surface area contributed by atoms with Crippen molar-refractivity contribution in [2.24, 2.45) is 5.92 Å². The molecule has 1 atom stereocenters. The SMILES string of the molecule is N#CCc1cccc(NC(=O)N2CCC(CN3CCCCC3)C2)c1. The van der Waals surface area contributed by atoms with Crippen LogP contribution >= 0.6 is 0 Å². The third-order valence-electron chi connectivity index (χ3n) is 5.00. The molecule has 2 aliphatic rings. The summed E-state index contributed by atoms with van der Waals surface area (Å²) < 4.78 is 0. The summed E-state index contributed by atoms with van der Waals surface area (Å²) in [7, 11) is 0. The summed E-state index contributed by atoms with van der Waals surface area (Å²) in [6.07, 6.45) is 5.45. The molecule has 5 heteroatoms. The molecule has 2 saturated heterocycles. The van der Waals surface area contributed by atoms with Crippen LogP contribution in [-0.2, 0) is 6.42 Å². The molecule has 24 heavy (non-hydrogen) atoms. The van der Waals surface area contributed by atoms with Gasteiger partial charge in [0.05, 0.1) is 12.5 Å². The maximum absolute atomic E-state index is 12.5. The molecule has 0 aromatic heterocycles. The number of piperidine rings is 1. The molecular formula is C19H26N4O. The molecule has 2 amide bonds. The molecule has 2 heterocycles. The van der Waals surface area contributed by atoms with Crippen LogP contribution in [0, 0.1) is 17.2 Å². The number of likely N-dealkylation sites (tertiary alicyclic amines) is 2. The number of nitriles is 1. The second kappa shape index (κ2) is 8.16. The van der Waals surface area contributed by atoms with E-state index in [0.29, 0.717) is 12.3 Å². The van der Waals surface area contributed by atoms with Crippen LogP contribution in [0.3, 0.4) is 0 Å². The molecule has 1 N–H and O–H groups in total. The predicted octanol–water partition coefficient (Wildman–Crippen LogP) is 3.09. The van der Waals surface area contributed by atoms with Gasteiger partial charge in [0.2, 0.25) is 0 Å². The standard InChI is InChI=1S/C19H26N4O/c20-9-7-16-5-4-6-18(13-16)21-19(24)23-12-8-17(15-23)14-22-10-2-1-3-11-22/h4-6,13,17H,1-3,7-8,10-12,14-15H2,(H,21,24). The fourth-order valence-corrected chi connectivity index (χ4v) is 3.73. The number of benzene rings is 1. The van der Waals surface area contributed by atoms with Crippen molar-refractivity contribution >= 4 is 11.7 Å². The molecule has 5 nitrogen and oxygen atoms in total. The molecule has 1 unspecified atom stereocenters. The van der Waals surface area contributed by atoms with Crippen LogP contribution in [0.1, 0.15) is 31.2 Å². The van der Waals surface area contributed by atoms with Crippen LogP contribution in [0.5, 0.6) is 0 Å². The molecule has 128 valence electrons. The van der Waals surface area contributed by atoms with Crippen LogP contribution in [0.4, 0.5) is 10.5 Å². The van der Waals surface area contributed by atoms with Crippen molar-refractivity contribution in [3.63, 3.8) is 0 Å². The van der Waals surface area contributed by atoms with E-state index in [4.69, 9.17) is 5.26 Å². The highest BCUT2D eigenvalue weighted by atomic mass is 16.2. The van der Waals surface area contributed by atoms with E-state index in [1.165, 1.54) is 32.4 Å². The van der Waals surface area contributed by atoms with Crippen molar-refractivity contribution in [3.8, 4) is 6.07 Å². The van der Waals surface area contributed by atoms with E-state index in [9.17, 15) is 4.79 Å². The molecule has 3 rings (SSSR count). The Morgan fingerprint density at radius 3 is 2.88 bits per heavy atom. The smallest absolute Gasteiger partial charge is 0.321 e. The quantitative estimate of drug-likeness (QED) is 0.925. The van der Waals surface area contributed by atoms with Gasteiger partial charge in [-0.3, -0.25) is 0 Å². The first kappa shape index (κ1) is 16.8. The van der Waals surface area contributed by atoms with Gasteiger partial charge in [-0.05, 0) is 56.0 Å². The minimum absolute atomic E-state index is 0.0229. The summed E-state index contributed by atoms with van der Waals surface area (Å²) >= 11 is 0. The van der Waals surface area contributed by atoms with Crippen LogP contribution in [0.2, 0.25) is 0 Å². The molecule has 0 aliphatic carbocycles. The Bertz CT molecular complexity index is 604. The molecule has 2 aliphatic heterocycles. The van der Waals surface area contributed by atoms with E-state index in [-0.39, 0.29) is 6.03 Å². The molecule has 0 saturated carbocycles. The van der Waals surface area contributed by atoms with Gasteiger partial charge in [0, 0.05) is 25.3 Å². The van der Waals surface area contributed by atoms with Crippen molar-refractivity contribution in [2.45, 2.75) is 32.1 Å². The third kappa shape index (κ3) is 4.48. The fourth-order valence-electron chi connectivity index (χ4n) is 3.73. The van der Waals surface area contributed by atoms with Crippen molar-refractivity contribution in [2.75, 3.05) is 38.0 Å². The first-order valence-electron chi connectivity index (χ1n) is 8.99. The van der Waals surface area contributed by atoms with Crippen LogP contribution in [0.15, 0.2) is 24.3 Å². The van der Waals surface area contributed by atoms with Gasteiger partial charge in [-0.15, -0.1) is 0 Å². The average Bonchev–Trinajstić information content (AvgIpc) is 3.05. The monoisotopic (exact) mass is 326 g/mol. The number of anilines is 1. The summed E-state index contributed by atoms with van der Waals surface area (Å²) in [5, 5.41) is 11.8. The molecular weight excluding hydrogens is 300 g/mol. The number of hydrogen-bond acceptors (Lipinski definition) is 3. The number of carbonyl (C=O) groups excluding carboxylic acids is 1. The van der Waals surface area contributed by atoms with Crippen molar-refractivity contribution in [1.29, 1.82) is 5.26 Å². The number of nitrogens with one attached hydrogen (secondary N) is 1. The Kier molecular flexibility index (Phi) is 5.71. The maximum atomic E-state index is 12.5. The van der Waals surface area contributed by atoms with E-state index in [1.807, 2.05) is 29.2 Å². The zero-order chi connectivity index (χ0) is 16.8. The molecule has 1 aromatic carbocycles. The topological polar surface area (TPSA) is 59.4 Å². The van der Waals surface area contributed by atoms with Gasteiger partial charge in [0.25, 0.3) is 0 Å². The van der Waals surface area contributed by atoms with E-state index in [0.717, 1.165) is 37.3 Å². The number of hydrogen-bond donors (Lipinski definition) is 1. The second-order valence-electron chi connectivity index (χ2n) is 6.93. The summed E-state index contributed by atoms with van der Waals surface area (Å²) in [5.41, 5.74) is 1.70. The first-order valence-corrected chi connectivity index (χ1v) is 8.99. The average molecular weight is 326 g/mol. The largest absolute Gasteiger partial charge is 0.324 e.